The van der Waals surface area contributed by atoms with Gasteiger partial charge in [0.25, 0.3) is 0 Å². The summed E-state index contributed by atoms with van der Waals surface area (Å²) < 4.78 is 0. The summed E-state index contributed by atoms with van der Waals surface area (Å²) >= 11 is 0. The van der Waals surface area contributed by atoms with E-state index in [1.807, 2.05) is 12.3 Å². The molecule has 1 heterocycles. The monoisotopic (exact) mass is 261 g/mol. The molecule has 0 amide bonds. The van der Waals surface area contributed by atoms with Crippen molar-refractivity contribution < 1.29 is 0 Å². The van der Waals surface area contributed by atoms with E-state index < -0.39 is 0 Å². The van der Waals surface area contributed by atoms with Crippen molar-refractivity contribution in [3.8, 4) is 0 Å². The maximum absolute atomic E-state index is 6.05. The first-order valence-electron chi connectivity index (χ1n) is 7.62. The predicted octanol–water partition coefficient (Wildman–Crippen LogP) is 3.01. The molecule has 1 aliphatic carbocycles. The smallest absolute Gasteiger partial charge is 0.0378 e. The van der Waals surface area contributed by atoms with Gasteiger partial charge in [-0.15, -0.1) is 0 Å². The van der Waals surface area contributed by atoms with Crippen molar-refractivity contribution in [2.45, 2.75) is 52.0 Å². The van der Waals surface area contributed by atoms with Gasteiger partial charge in [0.2, 0.25) is 0 Å². The molecule has 19 heavy (non-hydrogen) atoms. The fraction of sp³-hybridized carbons (Fsp3) is 0.688. The molecule has 0 aromatic carbocycles. The van der Waals surface area contributed by atoms with Crippen LogP contribution >= 0.6 is 0 Å². The Morgan fingerprint density at radius 3 is 2.74 bits per heavy atom. The molecule has 1 aromatic rings. The minimum absolute atomic E-state index is 0.545. The largest absolute Gasteiger partial charge is 0.398 e. The Morgan fingerprint density at radius 1 is 1.37 bits per heavy atom. The molecule has 0 bridgehead atoms. The van der Waals surface area contributed by atoms with E-state index in [1.54, 1.807) is 6.20 Å². The molecule has 1 atom stereocenters. The lowest BCUT2D eigenvalue weighted by atomic mass is 9.77. The fourth-order valence-corrected chi connectivity index (χ4v) is 3.20. The lowest BCUT2D eigenvalue weighted by molar-refractivity contribution is 0.230. The fourth-order valence-electron chi connectivity index (χ4n) is 3.20. The van der Waals surface area contributed by atoms with Crippen LogP contribution in [0.3, 0.4) is 0 Å². The average molecular weight is 261 g/mol. The minimum Gasteiger partial charge on any atom is -0.398 e. The SMILES string of the molecule is CCNC(Cc1cnccc1N)C1CCC(C)CC1. The van der Waals surface area contributed by atoms with E-state index in [4.69, 9.17) is 5.73 Å². The van der Waals surface area contributed by atoms with Gasteiger partial charge in [0.1, 0.15) is 0 Å². The van der Waals surface area contributed by atoms with Gasteiger partial charge in [0, 0.05) is 24.1 Å². The molecule has 1 fully saturated rings. The first kappa shape index (κ1) is 14.3. The van der Waals surface area contributed by atoms with Crippen molar-refractivity contribution in [1.82, 2.24) is 10.3 Å². The van der Waals surface area contributed by atoms with Crippen molar-refractivity contribution in [2.24, 2.45) is 11.8 Å². The van der Waals surface area contributed by atoms with Gasteiger partial charge in [-0.25, -0.2) is 0 Å². The summed E-state index contributed by atoms with van der Waals surface area (Å²) in [6, 6.07) is 2.45. The highest BCUT2D eigenvalue weighted by Gasteiger charge is 2.26. The van der Waals surface area contributed by atoms with Gasteiger partial charge < -0.3 is 11.1 Å². The zero-order chi connectivity index (χ0) is 13.7. The molecule has 3 N–H and O–H groups in total. The Balaban J connectivity index is 2.02. The highest BCUT2D eigenvalue weighted by Crippen LogP contribution is 2.32. The second-order valence-corrected chi connectivity index (χ2v) is 5.96. The van der Waals surface area contributed by atoms with E-state index >= 15 is 0 Å². The maximum Gasteiger partial charge on any atom is 0.0378 e. The lowest BCUT2D eigenvalue weighted by Gasteiger charge is -2.33. The lowest BCUT2D eigenvalue weighted by Crippen LogP contribution is -2.39. The van der Waals surface area contributed by atoms with E-state index in [1.165, 1.54) is 31.2 Å². The molecule has 3 heteroatoms. The quantitative estimate of drug-likeness (QED) is 0.856. The van der Waals surface area contributed by atoms with E-state index in [9.17, 15) is 0 Å². The number of nitrogens with zero attached hydrogens (tertiary/aromatic N) is 1. The standard InChI is InChI=1S/C16H27N3/c1-3-19-16(13-6-4-12(2)5-7-13)10-14-11-18-9-8-15(14)17/h8-9,11-13,16,19H,3-7,10H2,1-2H3,(H2,17,18). The third kappa shape index (κ3) is 3.93. The number of hydrogen-bond acceptors (Lipinski definition) is 3. The van der Waals surface area contributed by atoms with Crippen molar-refractivity contribution in [3.05, 3.63) is 24.0 Å². The van der Waals surface area contributed by atoms with Gasteiger partial charge in [0.15, 0.2) is 0 Å². The summed E-state index contributed by atoms with van der Waals surface area (Å²) in [7, 11) is 0. The average Bonchev–Trinajstić information content (AvgIpc) is 2.42. The van der Waals surface area contributed by atoms with Crippen LogP contribution in [0.15, 0.2) is 18.5 Å². The molecular weight excluding hydrogens is 234 g/mol. The van der Waals surface area contributed by atoms with Gasteiger partial charge in [-0.2, -0.15) is 0 Å². The van der Waals surface area contributed by atoms with Crippen LogP contribution in [0, 0.1) is 11.8 Å². The summed E-state index contributed by atoms with van der Waals surface area (Å²) in [5.41, 5.74) is 8.11. The normalized spacial score (nSPS) is 25.2. The number of hydrogen-bond donors (Lipinski definition) is 2. The van der Waals surface area contributed by atoms with Crippen LogP contribution in [0.4, 0.5) is 5.69 Å². The van der Waals surface area contributed by atoms with Crippen molar-refractivity contribution in [1.29, 1.82) is 0 Å². The number of likely N-dealkylation sites (N-methyl/N-ethyl adjacent to an activating group) is 1. The molecule has 0 radical (unpaired) electrons. The van der Waals surface area contributed by atoms with Gasteiger partial charge in [-0.05, 0) is 49.3 Å². The van der Waals surface area contributed by atoms with Crippen LogP contribution in [0.5, 0.6) is 0 Å². The first-order valence-corrected chi connectivity index (χ1v) is 7.62. The van der Waals surface area contributed by atoms with Crippen LogP contribution < -0.4 is 11.1 Å². The molecule has 0 saturated heterocycles. The maximum atomic E-state index is 6.05. The van der Waals surface area contributed by atoms with Crippen LogP contribution in [-0.2, 0) is 6.42 Å². The first-order chi connectivity index (χ1) is 9.20. The number of nitrogens with one attached hydrogen (secondary N) is 1. The number of nitrogens with two attached hydrogens (primary N) is 1. The van der Waals surface area contributed by atoms with E-state index in [2.05, 4.69) is 24.1 Å². The van der Waals surface area contributed by atoms with Crippen molar-refractivity contribution >= 4 is 5.69 Å². The summed E-state index contributed by atoms with van der Waals surface area (Å²) in [5.74, 6) is 1.69. The topological polar surface area (TPSA) is 50.9 Å². The van der Waals surface area contributed by atoms with Gasteiger partial charge >= 0.3 is 0 Å². The third-order valence-electron chi connectivity index (χ3n) is 4.48. The summed E-state index contributed by atoms with van der Waals surface area (Å²) in [5, 5.41) is 3.66. The zero-order valence-corrected chi connectivity index (χ0v) is 12.2. The van der Waals surface area contributed by atoms with Crippen LogP contribution in [0.25, 0.3) is 0 Å². The molecule has 1 aromatic heterocycles. The number of rotatable bonds is 5. The molecule has 1 unspecified atom stereocenters. The van der Waals surface area contributed by atoms with Crippen molar-refractivity contribution in [2.75, 3.05) is 12.3 Å². The number of aromatic nitrogens is 1. The number of pyridine rings is 1. The minimum atomic E-state index is 0.545. The van der Waals surface area contributed by atoms with Crippen LogP contribution in [0.2, 0.25) is 0 Å². The Morgan fingerprint density at radius 2 is 2.11 bits per heavy atom. The van der Waals surface area contributed by atoms with E-state index in [-0.39, 0.29) is 0 Å². The Labute approximate surface area is 117 Å². The van der Waals surface area contributed by atoms with Gasteiger partial charge in [-0.3, -0.25) is 4.98 Å². The molecule has 106 valence electrons. The molecular formula is C16H27N3. The Kier molecular flexibility index (Phi) is 5.20. The predicted molar refractivity (Wildman–Crippen MR) is 80.9 cm³/mol. The summed E-state index contributed by atoms with van der Waals surface area (Å²) in [6.45, 7) is 5.58. The zero-order valence-electron chi connectivity index (χ0n) is 12.2. The summed E-state index contributed by atoms with van der Waals surface area (Å²) in [6.07, 6.45) is 10.1. The van der Waals surface area contributed by atoms with Crippen LogP contribution in [-0.4, -0.2) is 17.6 Å². The molecule has 0 spiro atoms. The molecule has 3 nitrogen and oxygen atoms in total. The number of anilines is 1. The highest BCUT2D eigenvalue weighted by atomic mass is 14.9. The number of nitrogen functional groups attached to an aromatic ring is 1. The Hall–Kier alpha value is -1.09. The molecule has 1 saturated carbocycles. The van der Waals surface area contributed by atoms with Crippen molar-refractivity contribution in [3.63, 3.8) is 0 Å². The third-order valence-corrected chi connectivity index (χ3v) is 4.48. The Bertz CT molecular complexity index is 383. The highest BCUT2D eigenvalue weighted by molar-refractivity contribution is 5.44. The molecule has 0 aliphatic heterocycles. The molecule has 1 aliphatic rings. The second-order valence-electron chi connectivity index (χ2n) is 5.96. The van der Waals surface area contributed by atoms with E-state index in [0.29, 0.717) is 6.04 Å². The van der Waals surface area contributed by atoms with Gasteiger partial charge in [-0.1, -0.05) is 26.7 Å². The van der Waals surface area contributed by atoms with Crippen LogP contribution in [0.1, 0.15) is 45.1 Å². The van der Waals surface area contributed by atoms with Gasteiger partial charge in [0.05, 0.1) is 0 Å². The van der Waals surface area contributed by atoms with E-state index in [0.717, 1.165) is 30.5 Å². The second kappa shape index (κ2) is 6.90. The molecule has 2 rings (SSSR count). The summed E-state index contributed by atoms with van der Waals surface area (Å²) in [4.78, 5) is 4.21.